The molecule has 17 heavy (non-hydrogen) atoms. The van der Waals surface area contributed by atoms with Crippen LogP contribution >= 0.6 is 0 Å². The summed E-state index contributed by atoms with van der Waals surface area (Å²) < 4.78 is 11.5. The van der Waals surface area contributed by atoms with Crippen LogP contribution in [0.4, 0.5) is 0 Å². The van der Waals surface area contributed by atoms with Crippen molar-refractivity contribution in [1.82, 2.24) is 4.98 Å². The molecular weight excluding hydrogens is 216 g/mol. The molecule has 4 heteroatoms. The Morgan fingerprint density at radius 3 is 3.06 bits per heavy atom. The number of ether oxygens (including phenoxy) is 2. The molecule has 0 amide bonds. The Labute approximate surface area is 102 Å². The number of rotatable bonds is 5. The van der Waals surface area contributed by atoms with Gasteiger partial charge < -0.3 is 15.2 Å². The van der Waals surface area contributed by atoms with Crippen molar-refractivity contribution in [3.05, 3.63) is 18.3 Å². The number of nitrogens with two attached hydrogens (primary N) is 1. The van der Waals surface area contributed by atoms with Gasteiger partial charge >= 0.3 is 0 Å². The van der Waals surface area contributed by atoms with Gasteiger partial charge in [0.25, 0.3) is 5.88 Å². The van der Waals surface area contributed by atoms with E-state index in [-0.39, 0.29) is 12.1 Å². The maximum Gasteiger partial charge on any atom is 0.257 e. The molecule has 2 rings (SSSR count). The first kappa shape index (κ1) is 12.2. The van der Waals surface area contributed by atoms with Gasteiger partial charge in [0.05, 0.1) is 6.61 Å². The van der Waals surface area contributed by atoms with Crippen LogP contribution in [0.3, 0.4) is 0 Å². The summed E-state index contributed by atoms with van der Waals surface area (Å²) in [5, 5.41) is 0. The second-order valence-corrected chi connectivity index (χ2v) is 4.47. The van der Waals surface area contributed by atoms with Gasteiger partial charge in [0.15, 0.2) is 5.75 Å². The van der Waals surface area contributed by atoms with Crippen molar-refractivity contribution in [2.75, 3.05) is 6.61 Å². The Bertz CT molecular complexity index is 357. The zero-order valence-corrected chi connectivity index (χ0v) is 10.3. The third-order valence-corrected chi connectivity index (χ3v) is 2.90. The summed E-state index contributed by atoms with van der Waals surface area (Å²) in [6, 6.07) is 4.02. The molecule has 1 aromatic rings. The number of nitrogens with zero attached hydrogens (tertiary/aromatic N) is 1. The molecule has 0 aliphatic heterocycles. The highest BCUT2D eigenvalue weighted by molar-refractivity contribution is 5.32. The summed E-state index contributed by atoms with van der Waals surface area (Å²) in [4.78, 5) is 4.23. The van der Waals surface area contributed by atoms with Crippen LogP contribution in [0, 0.1) is 0 Å². The fourth-order valence-corrected chi connectivity index (χ4v) is 2.02. The van der Waals surface area contributed by atoms with Crippen molar-refractivity contribution in [3.63, 3.8) is 0 Å². The van der Waals surface area contributed by atoms with E-state index in [1.807, 2.05) is 12.1 Å². The van der Waals surface area contributed by atoms with Gasteiger partial charge in [-0.15, -0.1) is 0 Å². The van der Waals surface area contributed by atoms with E-state index in [0.717, 1.165) is 31.4 Å². The molecular formula is C13H20N2O2. The van der Waals surface area contributed by atoms with E-state index in [2.05, 4.69) is 11.9 Å². The largest absolute Gasteiger partial charge is 0.488 e. The number of pyridine rings is 1. The summed E-state index contributed by atoms with van der Waals surface area (Å²) in [5.74, 6) is 1.33. The van der Waals surface area contributed by atoms with Gasteiger partial charge in [-0.05, 0) is 37.8 Å². The first-order chi connectivity index (χ1) is 8.29. The maximum atomic E-state index is 5.87. The lowest BCUT2D eigenvalue weighted by Crippen LogP contribution is -2.19. The smallest absolute Gasteiger partial charge is 0.257 e. The molecule has 1 fully saturated rings. The summed E-state index contributed by atoms with van der Waals surface area (Å²) in [7, 11) is 0. The third-order valence-electron chi connectivity index (χ3n) is 2.90. The minimum atomic E-state index is 0.184. The Hall–Kier alpha value is -1.29. The molecule has 0 bridgehead atoms. The van der Waals surface area contributed by atoms with Gasteiger partial charge in [-0.1, -0.05) is 6.92 Å². The van der Waals surface area contributed by atoms with Crippen molar-refractivity contribution in [1.29, 1.82) is 0 Å². The molecule has 1 aromatic heterocycles. The second kappa shape index (κ2) is 5.87. The lowest BCUT2D eigenvalue weighted by Gasteiger charge is -2.15. The summed E-state index contributed by atoms with van der Waals surface area (Å²) in [6.45, 7) is 2.76. The van der Waals surface area contributed by atoms with Crippen molar-refractivity contribution >= 4 is 0 Å². The van der Waals surface area contributed by atoms with Crippen molar-refractivity contribution in [2.24, 2.45) is 5.73 Å². The maximum absolute atomic E-state index is 5.87. The number of hydrogen-bond donors (Lipinski definition) is 1. The molecule has 0 spiro atoms. The average molecular weight is 236 g/mol. The van der Waals surface area contributed by atoms with Crippen LogP contribution in [0.5, 0.6) is 11.6 Å². The lowest BCUT2D eigenvalue weighted by molar-refractivity contribution is 0.185. The standard InChI is InChI=1S/C13H20N2O2/c1-2-8-16-12-4-3-7-15-13(12)17-11-6-5-10(14)9-11/h3-4,7,10-11H,2,5-6,8-9,14H2,1H3. The van der Waals surface area contributed by atoms with Gasteiger partial charge in [-0.3, -0.25) is 0 Å². The van der Waals surface area contributed by atoms with Gasteiger partial charge in [0, 0.05) is 12.2 Å². The third kappa shape index (κ3) is 3.33. The summed E-state index contributed by atoms with van der Waals surface area (Å²) in [5.41, 5.74) is 5.87. The first-order valence-electron chi connectivity index (χ1n) is 6.29. The lowest BCUT2D eigenvalue weighted by atomic mass is 10.3. The fraction of sp³-hybridized carbons (Fsp3) is 0.615. The first-order valence-corrected chi connectivity index (χ1v) is 6.29. The SMILES string of the molecule is CCCOc1cccnc1OC1CCC(N)C1. The van der Waals surface area contributed by atoms with Crippen LogP contribution in [0.25, 0.3) is 0 Å². The topological polar surface area (TPSA) is 57.4 Å². The molecule has 4 nitrogen and oxygen atoms in total. The molecule has 0 aromatic carbocycles. The molecule has 1 heterocycles. The van der Waals surface area contributed by atoms with Crippen LogP contribution < -0.4 is 15.2 Å². The molecule has 2 atom stereocenters. The Morgan fingerprint density at radius 2 is 2.35 bits per heavy atom. The molecule has 1 aliphatic carbocycles. The predicted octanol–water partition coefficient (Wildman–Crippen LogP) is 2.13. The highest BCUT2D eigenvalue weighted by Crippen LogP contribution is 2.28. The normalized spacial score (nSPS) is 23.6. The molecule has 94 valence electrons. The Kier molecular flexibility index (Phi) is 4.20. The van der Waals surface area contributed by atoms with E-state index < -0.39 is 0 Å². The van der Waals surface area contributed by atoms with Crippen molar-refractivity contribution < 1.29 is 9.47 Å². The fourth-order valence-electron chi connectivity index (χ4n) is 2.02. The van der Waals surface area contributed by atoms with E-state index in [0.29, 0.717) is 12.5 Å². The second-order valence-electron chi connectivity index (χ2n) is 4.47. The van der Waals surface area contributed by atoms with E-state index >= 15 is 0 Å². The van der Waals surface area contributed by atoms with E-state index in [9.17, 15) is 0 Å². The van der Waals surface area contributed by atoms with Crippen LogP contribution in [0.1, 0.15) is 32.6 Å². The number of aromatic nitrogens is 1. The van der Waals surface area contributed by atoms with Crippen LogP contribution in [0.15, 0.2) is 18.3 Å². The van der Waals surface area contributed by atoms with E-state index in [1.54, 1.807) is 6.20 Å². The van der Waals surface area contributed by atoms with Crippen LogP contribution in [-0.4, -0.2) is 23.7 Å². The quantitative estimate of drug-likeness (QED) is 0.850. The van der Waals surface area contributed by atoms with Gasteiger partial charge in [-0.2, -0.15) is 0 Å². The molecule has 2 unspecified atom stereocenters. The zero-order valence-electron chi connectivity index (χ0n) is 10.3. The minimum Gasteiger partial charge on any atom is -0.488 e. The van der Waals surface area contributed by atoms with Crippen LogP contribution in [0.2, 0.25) is 0 Å². The summed E-state index contributed by atoms with van der Waals surface area (Å²) in [6.07, 6.45) is 5.83. The van der Waals surface area contributed by atoms with Crippen molar-refractivity contribution in [2.45, 2.75) is 44.8 Å². The molecule has 0 radical (unpaired) electrons. The highest BCUT2D eigenvalue weighted by Gasteiger charge is 2.24. The van der Waals surface area contributed by atoms with Crippen molar-refractivity contribution in [3.8, 4) is 11.6 Å². The molecule has 2 N–H and O–H groups in total. The zero-order chi connectivity index (χ0) is 12.1. The Morgan fingerprint density at radius 1 is 1.47 bits per heavy atom. The minimum absolute atomic E-state index is 0.184. The van der Waals surface area contributed by atoms with Gasteiger partial charge in [0.2, 0.25) is 0 Å². The van der Waals surface area contributed by atoms with E-state index in [4.69, 9.17) is 15.2 Å². The average Bonchev–Trinajstić information content (AvgIpc) is 2.74. The predicted molar refractivity (Wildman–Crippen MR) is 66.3 cm³/mol. The number of hydrogen-bond acceptors (Lipinski definition) is 4. The molecule has 0 saturated heterocycles. The van der Waals surface area contributed by atoms with E-state index in [1.165, 1.54) is 0 Å². The summed E-state index contributed by atoms with van der Waals surface area (Å²) >= 11 is 0. The molecule has 1 saturated carbocycles. The van der Waals surface area contributed by atoms with Gasteiger partial charge in [0.1, 0.15) is 6.10 Å². The van der Waals surface area contributed by atoms with Gasteiger partial charge in [-0.25, -0.2) is 4.98 Å². The molecule has 1 aliphatic rings. The highest BCUT2D eigenvalue weighted by atomic mass is 16.5. The van der Waals surface area contributed by atoms with Crippen LogP contribution in [-0.2, 0) is 0 Å². The monoisotopic (exact) mass is 236 g/mol. The Balaban J connectivity index is 1.99.